The molecule has 24 heavy (non-hydrogen) atoms. The number of benzene rings is 2. The van der Waals surface area contributed by atoms with E-state index < -0.39 is 10.0 Å². The number of nitrogens with zero attached hydrogens (tertiary/aromatic N) is 1. The Hall–Kier alpha value is -0.920. The maximum Gasteiger partial charge on any atom is 0.243 e. The standard InChI is InChI=1S/C17H19BrN2O2S.ClH/c18-15-7-4-8-16(9-15)23(21,22)20-11-14(10-19)17(12-20)13-5-2-1-3-6-13;/h1-9,14,17H,10-12,19H2;1H/t14-,17+;/m1./s1. The van der Waals surface area contributed by atoms with Crippen LogP contribution in [0.2, 0.25) is 0 Å². The summed E-state index contributed by atoms with van der Waals surface area (Å²) in [7, 11) is -3.50. The molecule has 0 radical (unpaired) electrons. The van der Waals surface area contributed by atoms with E-state index in [4.69, 9.17) is 5.73 Å². The van der Waals surface area contributed by atoms with Crippen LogP contribution in [-0.4, -0.2) is 32.4 Å². The van der Waals surface area contributed by atoms with Crippen molar-refractivity contribution < 1.29 is 8.42 Å². The van der Waals surface area contributed by atoms with Crippen LogP contribution in [0.4, 0.5) is 0 Å². The SMILES string of the molecule is Cl.NC[C@@H]1CN(S(=O)(=O)c2cccc(Br)c2)C[C@H]1c1ccccc1. The molecule has 2 N–H and O–H groups in total. The Bertz CT molecular complexity index is 786. The Labute approximate surface area is 157 Å². The van der Waals surface area contributed by atoms with Crippen molar-refractivity contribution in [3.8, 4) is 0 Å². The molecule has 130 valence electrons. The van der Waals surface area contributed by atoms with Gasteiger partial charge in [0.05, 0.1) is 4.90 Å². The minimum absolute atomic E-state index is 0. The molecule has 1 saturated heterocycles. The smallest absolute Gasteiger partial charge is 0.243 e. The van der Waals surface area contributed by atoms with Gasteiger partial charge >= 0.3 is 0 Å². The molecule has 2 aromatic rings. The third-order valence-corrected chi connectivity index (χ3v) is 6.69. The highest BCUT2D eigenvalue weighted by Crippen LogP contribution is 2.35. The van der Waals surface area contributed by atoms with Gasteiger partial charge in [-0.1, -0.05) is 52.3 Å². The summed E-state index contributed by atoms with van der Waals surface area (Å²) >= 11 is 3.33. The Balaban J connectivity index is 0.00000208. The van der Waals surface area contributed by atoms with Gasteiger partial charge in [-0.15, -0.1) is 12.4 Å². The van der Waals surface area contributed by atoms with Crippen molar-refractivity contribution in [2.45, 2.75) is 10.8 Å². The van der Waals surface area contributed by atoms with Crippen LogP contribution >= 0.6 is 28.3 Å². The Morgan fingerprint density at radius 2 is 1.79 bits per heavy atom. The molecule has 1 aliphatic heterocycles. The Morgan fingerprint density at radius 3 is 2.42 bits per heavy atom. The molecule has 7 heteroatoms. The van der Waals surface area contributed by atoms with Crippen LogP contribution in [0.15, 0.2) is 64.0 Å². The quantitative estimate of drug-likeness (QED) is 0.808. The number of nitrogens with two attached hydrogens (primary N) is 1. The zero-order valence-corrected chi connectivity index (χ0v) is 16.2. The van der Waals surface area contributed by atoms with E-state index in [0.29, 0.717) is 24.5 Å². The van der Waals surface area contributed by atoms with Crippen molar-refractivity contribution in [3.05, 3.63) is 64.6 Å². The van der Waals surface area contributed by atoms with Gasteiger partial charge in [0.1, 0.15) is 0 Å². The summed E-state index contributed by atoms with van der Waals surface area (Å²) in [4.78, 5) is 0.316. The van der Waals surface area contributed by atoms with Gasteiger partial charge in [0.2, 0.25) is 10.0 Å². The van der Waals surface area contributed by atoms with E-state index in [-0.39, 0.29) is 24.2 Å². The van der Waals surface area contributed by atoms with Gasteiger partial charge in [-0.05, 0) is 36.2 Å². The Morgan fingerprint density at radius 1 is 1.08 bits per heavy atom. The average Bonchev–Trinajstić information content (AvgIpc) is 3.01. The summed E-state index contributed by atoms with van der Waals surface area (Å²) in [6.07, 6.45) is 0. The van der Waals surface area contributed by atoms with Crippen LogP contribution < -0.4 is 5.73 Å². The minimum atomic E-state index is -3.50. The maximum absolute atomic E-state index is 12.9. The molecule has 0 saturated carbocycles. The first kappa shape index (κ1) is 19.4. The first-order valence-electron chi connectivity index (χ1n) is 7.53. The molecular weight excluding hydrogens is 412 g/mol. The van der Waals surface area contributed by atoms with Gasteiger partial charge in [-0.3, -0.25) is 0 Å². The lowest BCUT2D eigenvalue weighted by Gasteiger charge is -2.17. The highest BCUT2D eigenvalue weighted by molar-refractivity contribution is 9.10. The first-order chi connectivity index (χ1) is 11.0. The highest BCUT2D eigenvalue weighted by Gasteiger charge is 2.39. The fourth-order valence-electron chi connectivity index (χ4n) is 3.12. The second-order valence-electron chi connectivity index (χ2n) is 5.79. The van der Waals surface area contributed by atoms with E-state index in [1.54, 1.807) is 22.5 Å². The predicted molar refractivity (Wildman–Crippen MR) is 102 cm³/mol. The van der Waals surface area contributed by atoms with Crippen molar-refractivity contribution in [2.75, 3.05) is 19.6 Å². The van der Waals surface area contributed by atoms with Crippen LogP contribution in [0.25, 0.3) is 0 Å². The van der Waals surface area contributed by atoms with E-state index in [0.717, 1.165) is 10.0 Å². The van der Waals surface area contributed by atoms with Gasteiger partial charge in [0, 0.05) is 23.5 Å². The highest BCUT2D eigenvalue weighted by atomic mass is 79.9. The molecule has 2 atom stereocenters. The zero-order valence-electron chi connectivity index (χ0n) is 13.0. The summed E-state index contributed by atoms with van der Waals surface area (Å²) < 4.78 is 28.1. The van der Waals surface area contributed by atoms with Crippen molar-refractivity contribution in [3.63, 3.8) is 0 Å². The lowest BCUT2D eigenvalue weighted by atomic mass is 9.89. The molecule has 0 aliphatic carbocycles. The van der Waals surface area contributed by atoms with Gasteiger partial charge in [0.15, 0.2) is 0 Å². The number of rotatable bonds is 4. The second kappa shape index (κ2) is 7.97. The van der Waals surface area contributed by atoms with Crippen molar-refractivity contribution >= 4 is 38.4 Å². The summed E-state index contributed by atoms with van der Waals surface area (Å²) in [5.74, 6) is 0.280. The van der Waals surface area contributed by atoms with Crippen molar-refractivity contribution in [1.82, 2.24) is 4.31 Å². The lowest BCUT2D eigenvalue weighted by molar-refractivity contribution is 0.459. The third kappa shape index (κ3) is 3.83. The molecule has 4 nitrogen and oxygen atoms in total. The average molecular weight is 432 g/mol. The van der Waals surface area contributed by atoms with Crippen LogP contribution in [0, 0.1) is 5.92 Å². The van der Waals surface area contributed by atoms with Crippen molar-refractivity contribution in [2.24, 2.45) is 11.7 Å². The molecule has 3 rings (SSSR count). The number of halogens is 2. The van der Waals surface area contributed by atoms with Gasteiger partial charge < -0.3 is 5.73 Å². The monoisotopic (exact) mass is 430 g/mol. The van der Waals surface area contributed by atoms with Gasteiger partial charge in [-0.2, -0.15) is 4.31 Å². The fraction of sp³-hybridized carbons (Fsp3) is 0.294. The third-order valence-electron chi connectivity index (χ3n) is 4.37. The molecule has 0 unspecified atom stereocenters. The molecular formula is C17H20BrClN2O2S. The van der Waals surface area contributed by atoms with Crippen LogP contribution in [0.3, 0.4) is 0 Å². The largest absolute Gasteiger partial charge is 0.330 e. The molecule has 1 fully saturated rings. The fourth-order valence-corrected chi connectivity index (χ4v) is 5.24. The maximum atomic E-state index is 12.9. The summed E-state index contributed by atoms with van der Waals surface area (Å²) in [5, 5.41) is 0. The number of hydrogen-bond donors (Lipinski definition) is 1. The topological polar surface area (TPSA) is 63.4 Å². The van der Waals surface area contributed by atoms with Crippen LogP contribution in [-0.2, 0) is 10.0 Å². The molecule has 1 aliphatic rings. The Kier molecular flexibility index (Phi) is 6.45. The summed E-state index contributed by atoms with van der Waals surface area (Å²) in [6, 6.07) is 16.8. The zero-order chi connectivity index (χ0) is 16.4. The molecule has 2 aromatic carbocycles. The lowest BCUT2D eigenvalue weighted by Crippen LogP contribution is -2.30. The van der Waals surface area contributed by atoms with Crippen molar-refractivity contribution in [1.29, 1.82) is 0 Å². The second-order valence-corrected chi connectivity index (χ2v) is 8.65. The van der Waals surface area contributed by atoms with E-state index in [1.165, 1.54) is 0 Å². The molecule has 0 aromatic heterocycles. The minimum Gasteiger partial charge on any atom is -0.330 e. The van der Waals surface area contributed by atoms with E-state index in [9.17, 15) is 8.42 Å². The van der Waals surface area contributed by atoms with Crippen LogP contribution in [0.1, 0.15) is 11.5 Å². The summed E-state index contributed by atoms with van der Waals surface area (Å²) in [6.45, 7) is 1.41. The summed E-state index contributed by atoms with van der Waals surface area (Å²) in [5.41, 5.74) is 7.05. The molecule has 0 bridgehead atoms. The molecule has 1 heterocycles. The predicted octanol–water partition coefficient (Wildman–Crippen LogP) is 3.23. The van der Waals surface area contributed by atoms with E-state index in [2.05, 4.69) is 15.9 Å². The normalized spacial score (nSPS) is 21.4. The van der Waals surface area contributed by atoms with Gasteiger partial charge in [0.25, 0.3) is 0 Å². The van der Waals surface area contributed by atoms with E-state index in [1.807, 2.05) is 36.4 Å². The number of hydrogen-bond acceptors (Lipinski definition) is 3. The van der Waals surface area contributed by atoms with E-state index >= 15 is 0 Å². The molecule has 0 spiro atoms. The van der Waals surface area contributed by atoms with Gasteiger partial charge in [-0.25, -0.2) is 8.42 Å². The van der Waals surface area contributed by atoms with Crippen LogP contribution in [0.5, 0.6) is 0 Å². The molecule has 0 amide bonds. The number of sulfonamides is 1. The first-order valence-corrected chi connectivity index (χ1v) is 9.76.